The summed E-state index contributed by atoms with van der Waals surface area (Å²) in [5, 5.41) is 0. The van der Waals surface area contributed by atoms with Crippen molar-refractivity contribution in [2.24, 2.45) is 0 Å². The molecule has 1 aromatic heterocycles. The molecule has 0 atom stereocenters. The first kappa shape index (κ1) is 21.0. The van der Waals surface area contributed by atoms with E-state index < -0.39 is 16.6 Å². The number of nitrogens with zero attached hydrogens (tertiary/aromatic N) is 2. The Bertz CT molecular complexity index is 927. The third kappa shape index (κ3) is 4.99. The second-order valence-electron chi connectivity index (χ2n) is 6.04. The molecule has 1 aliphatic heterocycles. The summed E-state index contributed by atoms with van der Waals surface area (Å²) in [5.74, 6) is -0.127. The standard InChI is InChI=1S/C17H17ClF2N2O4S2/c18-14-5-6-16(27-14)28(24,25)22-9-7-21(8-10-22)15(23)11-12-1-3-13(4-2-12)26-17(19)20/h1-6,17H,7-11H2. The first-order valence-corrected chi connectivity index (χ1v) is 11.0. The highest BCUT2D eigenvalue weighted by atomic mass is 35.5. The molecule has 1 fully saturated rings. The minimum atomic E-state index is -3.61. The largest absolute Gasteiger partial charge is 0.435 e. The van der Waals surface area contributed by atoms with Crippen LogP contribution in [0.5, 0.6) is 5.75 Å². The first-order valence-electron chi connectivity index (χ1n) is 8.33. The van der Waals surface area contributed by atoms with Crippen molar-refractivity contribution in [3.8, 4) is 5.75 Å². The normalized spacial score (nSPS) is 15.8. The number of benzene rings is 1. The highest BCUT2D eigenvalue weighted by Gasteiger charge is 2.31. The molecule has 6 nitrogen and oxygen atoms in total. The molecule has 2 aromatic rings. The van der Waals surface area contributed by atoms with Gasteiger partial charge in [-0.3, -0.25) is 4.79 Å². The summed E-state index contributed by atoms with van der Waals surface area (Å²) in [6, 6.07) is 8.88. The Labute approximate surface area is 170 Å². The minimum Gasteiger partial charge on any atom is -0.435 e. The van der Waals surface area contributed by atoms with Gasteiger partial charge in [0.15, 0.2) is 0 Å². The van der Waals surface area contributed by atoms with E-state index in [1.807, 2.05) is 0 Å². The molecular formula is C17H17ClF2N2O4S2. The summed E-state index contributed by atoms with van der Waals surface area (Å²) < 4.78 is 55.7. The molecule has 2 heterocycles. The lowest BCUT2D eigenvalue weighted by molar-refractivity contribution is -0.131. The van der Waals surface area contributed by atoms with Crippen LogP contribution in [0, 0.1) is 0 Å². The van der Waals surface area contributed by atoms with E-state index in [0.717, 1.165) is 11.3 Å². The van der Waals surface area contributed by atoms with Crippen molar-refractivity contribution >= 4 is 38.9 Å². The summed E-state index contributed by atoms with van der Waals surface area (Å²) >= 11 is 6.82. The molecule has 152 valence electrons. The second-order valence-corrected chi connectivity index (χ2v) is 9.92. The second kappa shape index (κ2) is 8.73. The van der Waals surface area contributed by atoms with Crippen LogP contribution in [0.25, 0.3) is 0 Å². The lowest BCUT2D eigenvalue weighted by atomic mass is 10.1. The Balaban J connectivity index is 1.55. The van der Waals surface area contributed by atoms with E-state index >= 15 is 0 Å². The smallest absolute Gasteiger partial charge is 0.387 e. The van der Waals surface area contributed by atoms with Gasteiger partial charge < -0.3 is 9.64 Å². The number of sulfonamides is 1. The number of halogens is 3. The average Bonchev–Trinajstić information content (AvgIpc) is 3.10. The zero-order chi connectivity index (χ0) is 20.3. The molecule has 0 unspecified atom stereocenters. The van der Waals surface area contributed by atoms with Crippen LogP contribution < -0.4 is 4.74 Å². The number of alkyl halides is 2. The number of ether oxygens (including phenoxy) is 1. The van der Waals surface area contributed by atoms with Gasteiger partial charge in [0.05, 0.1) is 10.8 Å². The Kier molecular flexibility index (Phi) is 6.54. The third-order valence-electron chi connectivity index (χ3n) is 4.24. The quantitative estimate of drug-likeness (QED) is 0.678. The molecule has 0 saturated carbocycles. The molecule has 1 aliphatic rings. The van der Waals surface area contributed by atoms with Crippen molar-refractivity contribution in [3.05, 3.63) is 46.3 Å². The molecule has 0 N–H and O–H groups in total. The summed E-state index contributed by atoms with van der Waals surface area (Å²) in [6.07, 6.45) is 0.0994. The van der Waals surface area contributed by atoms with Crippen LogP contribution in [0.1, 0.15) is 5.56 Å². The zero-order valence-corrected chi connectivity index (χ0v) is 16.9. The minimum absolute atomic E-state index is 0.0266. The Hall–Kier alpha value is -1.75. The van der Waals surface area contributed by atoms with Crippen LogP contribution in [0.15, 0.2) is 40.6 Å². The molecule has 1 amide bonds. The monoisotopic (exact) mass is 450 g/mol. The van der Waals surface area contributed by atoms with Gasteiger partial charge in [-0.1, -0.05) is 23.7 Å². The number of rotatable bonds is 6. The van der Waals surface area contributed by atoms with E-state index in [9.17, 15) is 22.0 Å². The Morgan fingerprint density at radius 1 is 1.11 bits per heavy atom. The summed E-state index contributed by atoms with van der Waals surface area (Å²) in [7, 11) is -3.61. The number of carbonyl (C=O) groups is 1. The van der Waals surface area contributed by atoms with Gasteiger partial charge in [-0.25, -0.2) is 8.42 Å². The fourth-order valence-electron chi connectivity index (χ4n) is 2.82. The highest BCUT2D eigenvalue weighted by molar-refractivity contribution is 7.91. The number of amides is 1. The molecule has 0 spiro atoms. The van der Waals surface area contributed by atoms with Crippen LogP contribution >= 0.6 is 22.9 Å². The van der Waals surface area contributed by atoms with Crippen molar-refractivity contribution in [2.75, 3.05) is 26.2 Å². The summed E-state index contributed by atoms with van der Waals surface area (Å²) in [5.41, 5.74) is 0.662. The molecule has 3 rings (SSSR count). The topological polar surface area (TPSA) is 66.9 Å². The maximum absolute atomic E-state index is 12.6. The molecule has 11 heteroatoms. The number of piperazine rings is 1. The van der Waals surface area contributed by atoms with Gasteiger partial charge in [0.25, 0.3) is 10.0 Å². The van der Waals surface area contributed by atoms with E-state index in [1.54, 1.807) is 17.0 Å². The maximum atomic E-state index is 12.6. The fourth-order valence-corrected chi connectivity index (χ4v) is 5.88. The van der Waals surface area contributed by atoms with Crippen LogP contribution in [-0.2, 0) is 21.2 Å². The van der Waals surface area contributed by atoms with E-state index in [-0.39, 0.29) is 48.5 Å². The molecule has 0 aliphatic carbocycles. The predicted molar refractivity (Wildman–Crippen MR) is 101 cm³/mol. The Morgan fingerprint density at radius 3 is 2.29 bits per heavy atom. The third-order valence-corrected chi connectivity index (χ3v) is 7.84. The van der Waals surface area contributed by atoms with Crippen LogP contribution in [-0.4, -0.2) is 56.3 Å². The highest BCUT2D eigenvalue weighted by Crippen LogP contribution is 2.28. The van der Waals surface area contributed by atoms with Crippen molar-refractivity contribution in [3.63, 3.8) is 0 Å². The lowest BCUT2D eigenvalue weighted by Gasteiger charge is -2.33. The fraction of sp³-hybridized carbons (Fsp3) is 0.353. The van der Waals surface area contributed by atoms with Crippen molar-refractivity contribution in [2.45, 2.75) is 17.2 Å². The van der Waals surface area contributed by atoms with Gasteiger partial charge >= 0.3 is 6.61 Å². The molecule has 28 heavy (non-hydrogen) atoms. The van der Waals surface area contributed by atoms with Gasteiger partial charge in [0, 0.05) is 26.2 Å². The van der Waals surface area contributed by atoms with Crippen LogP contribution in [0.3, 0.4) is 0 Å². The molecular weight excluding hydrogens is 434 g/mol. The lowest BCUT2D eigenvalue weighted by Crippen LogP contribution is -2.50. The zero-order valence-electron chi connectivity index (χ0n) is 14.6. The van der Waals surface area contributed by atoms with Crippen molar-refractivity contribution in [1.29, 1.82) is 0 Å². The molecule has 0 radical (unpaired) electrons. The van der Waals surface area contributed by atoms with E-state index in [4.69, 9.17) is 11.6 Å². The predicted octanol–water partition coefficient (Wildman–Crippen LogP) is 3.08. The average molecular weight is 451 g/mol. The molecule has 1 aromatic carbocycles. The van der Waals surface area contributed by atoms with Crippen molar-refractivity contribution < 1.29 is 26.7 Å². The van der Waals surface area contributed by atoms with E-state index in [1.165, 1.54) is 28.6 Å². The van der Waals surface area contributed by atoms with Gasteiger partial charge in [-0.15, -0.1) is 11.3 Å². The van der Waals surface area contributed by atoms with Crippen LogP contribution in [0.4, 0.5) is 8.78 Å². The maximum Gasteiger partial charge on any atom is 0.387 e. The van der Waals surface area contributed by atoms with Gasteiger partial charge in [-0.2, -0.15) is 13.1 Å². The van der Waals surface area contributed by atoms with Crippen LogP contribution in [0.2, 0.25) is 4.34 Å². The van der Waals surface area contributed by atoms with E-state index in [0.29, 0.717) is 9.90 Å². The summed E-state index contributed by atoms with van der Waals surface area (Å²) in [4.78, 5) is 14.0. The van der Waals surface area contributed by atoms with Gasteiger partial charge in [0.1, 0.15) is 9.96 Å². The number of hydrogen-bond donors (Lipinski definition) is 0. The number of thiophene rings is 1. The number of carbonyl (C=O) groups excluding carboxylic acids is 1. The van der Waals surface area contributed by atoms with Crippen molar-refractivity contribution in [1.82, 2.24) is 9.21 Å². The SMILES string of the molecule is O=C(Cc1ccc(OC(F)F)cc1)N1CCN(S(=O)(=O)c2ccc(Cl)s2)CC1. The Morgan fingerprint density at radius 2 is 1.75 bits per heavy atom. The number of hydrogen-bond acceptors (Lipinski definition) is 5. The summed E-state index contributed by atoms with van der Waals surface area (Å²) in [6.45, 7) is -1.94. The van der Waals surface area contributed by atoms with Gasteiger partial charge in [0.2, 0.25) is 5.91 Å². The molecule has 1 saturated heterocycles. The van der Waals surface area contributed by atoms with Gasteiger partial charge in [-0.05, 0) is 29.8 Å². The van der Waals surface area contributed by atoms with E-state index in [2.05, 4.69) is 4.74 Å². The first-order chi connectivity index (χ1) is 13.3. The molecule has 0 bridgehead atoms.